The van der Waals surface area contributed by atoms with Gasteiger partial charge in [-0.15, -0.1) is 4.91 Å². The summed E-state index contributed by atoms with van der Waals surface area (Å²) in [7, 11) is 0. The van der Waals surface area contributed by atoms with Gasteiger partial charge in [0.15, 0.2) is 5.34 Å². The SMILES string of the molecule is N=C(N)N(N)ON=O. The lowest BCUT2D eigenvalue weighted by molar-refractivity contribution is -0.105. The van der Waals surface area contributed by atoms with Crippen molar-refractivity contribution in [1.82, 2.24) is 5.17 Å². The van der Waals surface area contributed by atoms with Gasteiger partial charge in [-0.1, -0.05) is 5.17 Å². The minimum absolute atomic E-state index is 0.229. The maximum Gasteiger partial charge on any atom is 0.243 e. The zero-order chi connectivity index (χ0) is 6.57. The smallest absolute Gasteiger partial charge is 0.243 e. The Hall–Kier alpha value is -1.37. The molecule has 0 heterocycles. The third kappa shape index (κ3) is 1.92. The topological polar surface area (TPSA) is 118 Å². The second-order valence-corrected chi connectivity index (χ2v) is 0.867. The first-order chi connectivity index (χ1) is 3.68. The molecule has 0 fully saturated rings. The lowest BCUT2D eigenvalue weighted by Crippen LogP contribution is -2.40. The fraction of sp³-hybridized carbons (Fsp3) is 0. The van der Waals surface area contributed by atoms with Gasteiger partial charge >= 0.3 is 0 Å². The van der Waals surface area contributed by atoms with Crippen LogP contribution in [0, 0.1) is 10.3 Å². The summed E-state index contributed by atoms with van der Waals surface area (Å²) in [6, 6.07) is 0. The van der Waals surface area contributed by atoms with Crippen molar-refractivity contribution in [3.63, 3.8) is 0 Å². The van der Waals surface area contributed by atoms with Gasteiger partial charge in [-0.3, -0.25) is 5.41 Å². The summed E-state index contributed by atoms with van der Waals surface area (Å²) in [5.41, 5.74) is 4.68. The Bertz CT molecular complexity index is 101. The molecule has 46 valence electrons. The standard InChI is InChI=1S/CH5N5O2/c2-1(3)6(4)8-5-7/h4H2,(H3,2,3). The molecule has 0 aromatic heterocycles. The van der Waals surface area contributed by atoms with E-state index in [1.165, 1.54) is 0 Å². The molecular weight excluding hydrogens is 114 g/mol. The van der Waals surface area contributed by atoms with Gasteiger partial charge in [-0.25, -0.2) is 10.8 Å². The Labute approximate surface area is 44.6 Å². The molecule has 0 aromatic carbocycles. The molecule has 0 amide bonds. The molecule has 0 bridgehead atoms. The maximum absolute atomic E-state index is 9.17. The van der Waals surface area contributed by atoms with Crippen molar-refractivity contribution in [2.75, 3.05) is 0 Å². The van der Waals surface area contributed by atoms with E-state index >= 15 is 0 Å². The Morgan fingerprint density at radius 2 is 2.38 bits per heavy atom. The maximum atomic E-state index is 9.17. The van der Waals surface area contributed by atoms with E-state index < -0.39 is 5.96 Å². The van der Waals surface area contributed by atoms with Crippen molar-refractivity contribution >= 4 is 5.96 Å². The second kappa shape index (κ2) is 2.75. The highest BCUT2D eigenvalue weighted by molar-refractivity contribution is 5.72. The Morgan fingerprint density at radius 3 is 2.50 bits per heavy atom. The van der Waals surface area contributed by atoms with Crippen LogP contribution in [0.2, 0.25) is 0 Å². The number of guanidine groups is 1. The zero-order valence-corrected chi connectivity index (χ0v) is 3.87. The monoisotopic (exact) mass is 119 g/mol. The molecule has 7 nitrogen and oxygen atoms in total. The Morgan fingerprint density at radius 1 is 1.88 bits per heavy atom. The van der Waals surface area contributed by atoms with Crippen LogP contribution in [0.4, 0.5) is 0 Å². The molecule has 0 rings (SSSR count). The Balaban J connectivity index is 3.46. The number of nitrogens with zero attached hydrogens (tertiary/aromatic N) is 2. The van der Waals surface area contributed by atoms with Gasteiger partial charge in [0, 0.05) is 0 Å². The second-order valence-electron chi connectivity index (χ2n) is 0.867. The molecule has 0 aromatic rings. The Kier molecular flexibility index (Phi) is 2.28. The zero-order valence-electron chi connectivity index (χ0n) is 3.87. The van der Waals surface area contributed by atoms with E-state index in [0.717, 1.165) is 0 Å². The summed E-state index contributed by atoms with van der Waals surface area (Å²) in [6.45, 7) is 0. The van der Waals surface area contributed by atoms with E-state index in [0.29, 0.717) is 0 Å². The van der Waals surface area contributed by atoms with E-state index in [-0.39, 0.29) is 5.17 Å². The van der Waals surface area contributed by atoms with Gasteiger partial charge in [-0.05, 0) is 0 Å². The fourth-order valence-electron chi connectivity index (χ4n) is 0.0799. The lowest BCUT2D eigenvalue weighted by atomic mass is 11.1. The van der Waals surface area contributed by atoms with E-state index in [2.05, 4.69) is 10.7 Å². The largest absolute Gasteiger partial charge is 0.366 e. The summed E-state index contributed by atoms with van der Waals surface area (Å²) in [5.74, 6) is 4.10. The molecule has 0 unspecified atom stereocenters. The van der Waals surface area contributed by atoms with Crippen LogP contribution in [0.5, 0.6) is 0 Å². The van der Waals surface area contributed by atoms with Crippen molar-refractivity contribution in [1.29, 1.82) is 5.41 Å². The molecular formula is CH5N5O2. The molecule has 0 aliphatic carbocycles. The van der Waals surface area contributed by atoms with Gasteiger partial charge in [0.2, 0.25) is 5.96 Å². The third-order valence-corrected chi connectivity index (χ3v) is 0.359. The number of hydroxylamine groups is 1. The van der Waals surface area contributed by atoms with E-state index in [1.807, 2.05) is 5.34 Å². The van der Waals surface area contributed by atoms with Crippen LogP contribution >= 0.6 is 0 Å². The lowest BCUT2D eigenvalue weighted by Gasteiger charge is -2.06. The summed E-state index contributed by atoms with van der Waals surface area (Å²) in [6.07, 6.45) is 0. The van der Waals surface area contributed by atoms with Crippen LogP contribution in [-0.2, 0) is 4.94 Å². The highest BCUT2D eigenvalue weighted by Crippen LogP contribution is 1.75. The normalized spacial score (nSPS) is 7.62. The van der Waals surface area contributed by atoms with E-state index in [9.17, 15) is 4.91 Å². The highest BCUT2D eigenvalue weighted by Gasteiger charge is 1.97. The summed E-state index contributed by atoms with van der Waals surface area (Å²) in [5, 5.41) is 8.57. The first-order valence-electron chi connectivity index (χ1n) is 1.57. The molecule has 0 saturated carbocycles. The number of hydrogen-bond donors (Lipinski definition) is 3. The summed E-state index contributed by atoms with van der Waals surface area (Å²) < 4.78 is 0. The van der Waals surface area contributed by atoms with E-state index in [4.69, 9.17) is 11.3 Å². The van der Waals surface area contributed by atoms with Crippen LogP contribution < -0.4 is 11.6 Å². The minimum Gasteiger partial charge on any atom is -0.366 e. The molecule has 0 spiro atoms. The molecule has 0 saturated heterocycles. The van der Waals surface area contributed by atoms with Gasteiger partial charge in [0.1, 0.15) is 0 Å². The van der Waals surface area contributed by atoms with Crippen molar-refractivity contribution in [3.05, 3.63) is 4.91 Å². The number of hydrazine groups is 1. The van der Waals surface area contributed by atoms with Crippen LogP contribution in [0.1, 0.15) is 0 Å². The number of hydrogen-bond acceptors (Lipinski definition) is 5. The van der Waals surface area contributed by atoms with E-state index in [1.54, 1.807) is 0 Å². The average Bonchev–Trinajstić information content (AvgIpc) is 1.67. The van der Waals surface area contributed by atoms with Crippen molar-refractivity contribution in [2.45, 2.75) is 0 Å². The van der Waals surface area contributed by atoms with Crippen LogP contribution in [0.3, 0.4) is 0 Å². The van der Waals surface area contributed by atoms with Crippen molar-refractivity contribution < 1.29 is 4.94 Å². The summed E-state index contributed by atoms with van der Waals surface area (Å²) >= 11 is 0. The van der Waals surface area contributed by atoms with Crippen molar-refractivity contribution in [3.8, 4) is 0 Å². The molecule has 8 heavy (non-hydrogen) atoms. The van der Waals surface area contributed by atoms with Gasteiger partial charge in [0.05, 0.1) is 0 Å². The van der Waals surface area contributed by atoms with Crippen LogP contribution in [0.25, 0.3) is 0 Å². The van der Waals surface area contributed by atoms with Crippen molar-refractivity contribution in [2.24, 2.45) is 16.9 Å². The molecule has 0 aliphatic heterocycles. The number of nitrogens with one attached hydrogen (secondary N) is 1. The number of rotatable bonds is 2. The first kappa shape index (κ1) is 6.63. The third-order valence-electron chi connectivity index (χ3n) is 0.359. The van der Waals surface area contributed by atoms with Gasteiger partial charge in [0.25, 0.3) is 0 Å². The predicted octanol–water partition coefficient (Wildman–Crippen LogP) is -1.33. The van der Waals surface area contributed by atoms with Gasteiger partial charge in [-0.2, -0.15) is 0 Å². The fourth-order valence-corrected chi connectivity index (χ4v) is 0.0799. The molecule has 5 N–H and O–H groups in total. The first-order valence-corrected chi connectivity index (χ1v) is 1.57. The number of nitrogens with two attached hydrogens (primary N) is 2. The summed E-state index contributed by atoms with van der Waals surface area (Å²) in [4.78, 5) is 12.8. The predicted molar refractivity (Wildman–Crippen MR) is 24.8 cm³/mol. The van der Waals surface area contributed by atoms with Crippen LogP contribution in [-0.4, -0.2) is 11.1 Å². The van der Waals surface area contributed by atoms with Gasteiger partial charge < -0.3 is 5.73 Å². The quantitative estimate of drug-likeness (QED) is 0.137. The highest BCUT2D eigenvalue weighted by atomic mass is 16.9. The molecule has 0 atom stereocenters. The molecule has 7 heteroatoms. The average molecular weight is 119 g/mol. The molecule has 0 radical (unpaired) electrons. The van der Waals surface area contributed by atoms with Crippen LogP contribution in [0.15, 0.2) is 5.34 Å². The minimum atomic E-state index is -0.593. The molecule has 0 aliphatic rings.